The number of carbonyl (C=O) groups excluding carboxylic acids is 2. The molecule has 1 fully saturated rings. The zero-order chi connectivity index (χ0) is 20.1. The quantitative estimate of drug-likeness (QED) is 0.806. The van der Waals surface area contributed by atoms with Gasteiger partial charge >= 0.3 is 5.97 Å². The van der Waals surface area contributed by atoms with Gasteiger partial charge < -0.3 is 19.9 Å². The van der Waals surface area contributed by atoms with Crippen LogP contribution in [0.15, 0.2) is 42.5 Å². The van der Waals surface area contributed by atoms with E-state index in [4.69, 9.17) is 0 Å². The van der Waals surface area contributed by atoms with Crippen molar-refractivity contribution < 1.29 is 14.3 Å². The number of benzene rings is 2. The molecule has 148 valence electrons. The predicted octanol–water partition coefficient (Wildman–Crippen LogP) is 3.18. The lowest BCUT2D eigenvalue weighted by atomic mass is 10.1. The minimum absolute atomic E-state index is 0.205. The highest BCUT2D eigenvalue weighted by Gasteiger charge is 2.17. The molecule has 0 spiro atoms. The molecule has 3 rings (SSSR count). The molecule has 0 aliphatic carbocycles. The number of likely N-dealkylation sites (N-methyl/N-ethyl adjacent to an activating group) is 1. The number of hydrogen-bond acceptors (Lipinski definition) is 5. The van der Waals surface area contributed by atoms with E-state index in [1.165, 1.54) is 12.8 Å². The SMILES string of the molecule is CCN1CCN(c2ccc(NC(=O)c3ccc(C(=O)OC)cc3)c(C)c2)CC1. The van der Waals surface area contributed by atoms with E-state index >= 15 is 0 Å². The zero-order valence-electron chi connectivity index (χ0n) is 16.7. The summed E-state index contributed by atoms with van der Waals surface area (Å²) >= 11 is 0. The Hall–Kier alpha value is -2.86. The van der Waals surface area contributed by atoms with Crippen molar-refractivity contribution >= 4 is 23.3 Å². The minimum Gasteiger partial charge on any atom is -0.465 e. The summed E-state index contributed by atoms with van der Waals surface area (Å²) in [6.45, 7) is 9.49. The molecule has 1 aliphatic rings. The largest absolute Gasteiger partial charge is 0.465 e. The number of amides is 1. The first-order chi connectivity index (χ1) is 13.5. The smallest absolute Gasteiger partial charge is 0.337 e. The second kappa shape index (κ2) is 8.89. The van der Waals surface area contributed by atoms with E-state index < -0.39 is 5.97 Å². The Morgan fingerprint density at radius 2 is 1.64 bits per heavy atom. The highest BCUT2D eigenvalue weighted by Crippen LogP contribution is 2.24. The Balaban J connectivity index is 1.66. The molecule has 2 aromatic carbocycles. The van der Waals surface area contributed by atoms with Gasteiger partial charge in [-0.25, -0.2) is 4.79 Å². The Kier molecular flexibility index (Phi) is 6.31. The van der Waals surface area contributed by atoms with Gasteiger partial charge in [0.2, 0.25) is 0 Å². The van der Waals surface area contributed by atoms with Crippen molar-refractivity contribution in [1.29, 1.82) is 0 Å². The molecule has 28 heavy (non-hydrogen) atoms. The van der Waals surface area contributed by atoms with Crippen LogP contribution in [0.1, 0.15) is 33.2 Å². The van der Waals surface area contributed by atoms with Crippen molar-refractivity contribution in [2.75, 3.05) is 50.1 Å². The number of aryl methyl sites for hydroxylation is 1. The van der Waals surface area contributed by atoms with E-state index in [2.05, 4.69) is 38.9 Å². The molecule has 0 unspecified atom stereocenters. The number of nitrogens with zero attached hydrogens (tertiary/aromatic N) is 2. The predicted molar refractivity (Wildman–Crippen MR) is 111 cm³/mol. The summed E-state index contributed by atoms with van der Waals surface area (Å²) in [7, 11) is 1.33. The van der Waals surface area contributed by atoms with Gasteiger partial charge in [0.15, 0.2) is 0 Å². The molecule has 1 saturated heterocycles. The molecule has 0 radical (unpaired) electrons. The monoisotopic (exact) mass is 381 g/mol. The van der Waals surface area contributed by atoms with E-state index in [0.717, 1.165) is 44.0 Å². The van der Waals surface area contributed by atoms with E-state index in [0.29, 0.717) is 11.1 Å². The number of rotatable bonds is 5. The number of nitrogens with one attached hydrogen (secondary N) is 1. The number of ether oxygens (including phenoxy) is 1. The Bertz CT molecular complexity index is 841. The third-order valence-electron chi connectivity index (χ3n) is 5.21. The van der Waals surface area contributed by atoms with Gasteiger partial charge in [0, 0.05) is 43.1 Å². The first-order valence-electron chi connectivity index (χ1n) is 9.59. The maximum Gasteiger partial charge on any atom is 0.337 e. The van der Waals surface area contributed by atoms with Crippen LogP contribution in [0.5, 0.6) is 0 Å². The summed E-state index contributed by atoms with van der Waals surface area (Å²) in [6, 6.07) is 12.6. The summed E-state index contributed by atoms with van der Waals surface area (Å²) in [5, 5.41) is 2.95. The average molecular weight is 381 g/mol. The maximum absolute atomic E-state index is 12.5. The normalized spacial score (nSPS) is 14.6. The minimum atomic E-state index is -0.418. The summed E-state index contributed by atoms with van der Waals surface area (Å²) in [5.74, 6) is -0.623. The molecule has 1 amide bonds. The van der Waals surface area contributed by atoms with Gasteiger partial charge in [0.05, 0.1) is 12.7 Å². The molecule has 0 atom stereocenters. The topological polar surface area (TPSA) is 61.9 Å². The lowest BCUT2D eigenvalue weighted by Gasteiger charge is -2.35. The van der Waals surface area contributed by atoms with Crippen molar-refractivity contribution in [3.8, 4) is 0 Å². The fraction of sp³-hybridized carbons (Fsp3) is 0.364. The first-order valence-corrected chi connectivity index (χ1v) is 9.59. The van der Waals surface area contributed by atoms with Gasteiger partial charge in [-0.1, -0.05) is 6.92 Å². The van der Waals surface area contributed by atoms with Crippen LogP contribution in [0, 0.1) is 6.92 Å². The van der Waals surface area contributed by atoms with Gasteiger partial charge in [-0.3, -0.25) is 4.79 Å². The molecule has 6 nitrogen and oxygen atoms in total. The maximum atomic E-state index is 12.5. The molecular formula is C22H27N3O3. The van der Waals surface area contributed by atoms with Crippen molar-refractivity contribution in [2.45, 2.75) is 13.8 Å². The van der Waals surface area contributed by atoms with Crippen molar-refractivity contribution in [3.63, 3.8) is 0 Å². The van der Waals surface area contributed by atoms with Crippen molar-refractivity contribution in [1.82, 2.24) is 4.90 Å². The van der Waals surface area contributed by atoms with Crippen LogP contribution in [-0.2, 0) is 4.74 Å². The zero-order valence-corrected chi connectivity index (χ0v) is 16.7. The van der Waals surface area contributed by atoms with Gasteiger partial charge in [0.25, 0.3) is 5.91 Å². The third kappa shape index (κ3) is 4.51. The fourth-order valence-corrected chi connectivity index (χ4v) is 3.38. The van der Waals surface area contributed by atoms with Crippen LogP contribution in [0.25, 0.3) is 0 Å². The molecule has 0 aromatic heterocycles. The van der Waals surface area contributed by atoms with Crippen LogP contribution in [0.2, 0.25) is 0 Å². The Labute approximate surface area is 166 Å². The molecule has 1 aliphatic heterocycles. The number of anilines is 2. The summed E-state index contributed by atoms with van der Waals surface area (Å²) < 4.78 is 4.68. The fourth-order valence-electron chi connectivity index (χ4n) is 3.38. The third-order valence-corrected chi connectivity index (χ3v) is 5.21. The Morgan fingerprint density at radius 1 is 1.00 bits per heavy atom. The second-order valence-electron chi connectivity index (χ2n) is 6.94. The van der Waals surface area contributed by atoms with Crippen molar-refractivity contribution in [2.24, 2.45) is 0 Å². The summed E-state index contributed by atoms with van der Waals surface area (Å²) in [6.07, 6.45) is 0. The molecule has 6 heteroatoms. The van der Waals surface area contributed by atoms with Crippen LogP contribution < -0.4 is 10.2 Å². The number of piperazine rings is 1. The molecular weight excluding hydrogens is 354 g/mol. The molecule has 0 bridgehead atoms. The first kappa shape index (κ1) is 19.9. The standard InChI is InChI=1S/C22H27N3O3/c1-4-24-11-13-25(14-12-24)19-9-10-20(16(2)15-19)23-21(26)17-5-7-18(8-6-17)22(27)28-3/h5-10,15H,4,11-14H2,1-3H3,(H,23,26). The van der Waals surface area contributed by atoms with Gasteiger partial charge in [-0.2, -0.15) is 0 Å². The number of methoxy groups -OCH3 is 1. The average Bonchev–Trinajstić information content (AvgIpc) is 2.74. The molecule has 2 aromatic rings. The van der Waals surface area contributed by atoms with Gasteiger partial charge in [-0.05, 0) is 61.5 Å². The Morgan fingerprint density at radius 3 is 2.21 bits per heavy atom. The highest BCUT2D eigenvalue weighted by atomic mass is 16.5. The lowest BCUT2D eigenvalue weighted by Crippen LogP contribution is -2.46. The second-order valence-corrected chi connectivity index (χ2v) is 6.94. The molecule has 1 N–H and O–H groups in total. The van der Waals surface area contributed by atoms with E-state index in [9.17, 15) is 9.59 Å². The number of hydrogen-bond donors (Lipinski definition) is 1. The van der Waals surface area contributed by atoms with E-state index in [1.54, 1.807) is 24.3 Å². The lowest BCUT2D eigenvalue weighted by molar-refractivity contribution is 0.0600. The van der Waals surface area contributed by atoms with Crippen LogP contribution >= 0.6 is 0 Å². The molecule has 0 saturated carbocycles. The number of esters is 1. The van der Waals surface area contributed by atoms with E-state index in [-0.39, 0.29) is 5.91 Å². The highest BCUT2D eigenvalue weighted by molar-refractivity contribution is 6.05. The number of carbonyl (C=O) groups is 2. The van der Waals surface area contributed by atoms with Crippen LogP contribution in [0.4, 0.5) is 11.4 Å². The van der Waals surface area contributed by atoms with Crippen LogP contribution in [0.3, 0.4) is 0 Å². The van der Waals surface area contributed by atoms with Gasteiger partial charge in [-0.15, -0.1) is 0 Å². The van der Waals surface area contributed by atoms with E-state index in [1.807, 2.05) is 13.0 Å². The van der Waals surface area contributed by atoms with Crippen molar-refractivity contribution in [3.05, 3.63) is 59.2 Å². The molecule has 1 heterocycles. The van der Waals surface area contributed by atoms with Gasteiger partial charge in [0.1, 0.15) is 0 Å². The van der Waals surface area contributed by atoms with Crippen LogP contribution in [-0.4, -0.2) is 56.6 Å². The summed E-state index contributed by atoms with van der Waals surface area (Å²) in [5.41, 5.74) is 3.91. The summed E-state index contributed by atoms with van der Waals surface area (Å²) in [4.78, 5) is 28.9.